The Morgan fingerprint density at radius 1 is 1.71 bits per heavy atom. The predicted molar refractivity (Wildman–Crippen MR) is 58.1 cm³/mol. The first-order valence-electron chi connectivity index (χ1n) is 4.69. The molecule has 1 rings (SSSR count). The lowest BCUT2D eigenvalue weighted by atomic mass is 10.2. The van der Waals surface area contributed by atoms with E-state index in [2.05, 4.69) is 10.3 Å². The molecule has 0 spiro atoms. The van der Waals surface area contributed by atoms with E-state index in [-0.39, 0.29) is 5.91 Å². The first-order chi connectivity index (χ1) is 6.72. The van der Waals surface area contributed by atoms with E-state index in [0.717, 1.165) is 18.7 Å². The number of rotatable bonds is 5. The predicted octanol–water partition coefficient (Wildman–Crippen LogP) is 1.18. The molecule has 0 aliphatic rings. The van der Waals surface area contributed by atoms with Gasteiger partial charge in [-0.1, -0.05) is 6.92 Å². The lowest BCUT2D eigenvalue weighted by Crippen LogP contribution is -2.24. The number of aryl methyl sites for hydroxylation is 1. The van der Waals surface area contributed by atoms with Crippen molar-refractivity contribution >= 4 is 22.4 Å². The zero-order valence-electron chi connectivity index (χ0n) is 8.25. The number of carbonyl (C=O) groups is 1. The normalized spacial score (nSPS) is 10.1. The molecular weight excluding hydrogens is 198 g/mol. The molecule has 0 fully saturated rings. The monoisotopic (exact) mass is 213 g/mol. The molecular formula is C9H15N3OS. The maximum Gasteiger partial charge on any atom is 0.220 e. The standard InChI is InChI=1S/C9H15N3OS/c1-2-5-11-8(13)4-3-7-6-14-9(10)12-7/h6H,2-5H2,1H3,(H2,10,12)(H,11,13). The molecule has 1 aromatic rings. The van der Waals surface area contributed by atoms with E-state index in [1.807, 2.05) is 12.3 Å². The molecule has 0 aliphatic heterocycles. The lowest BCUT2D eigenvalue weighted by molar-refractivity contribution is -0.121. The molecule has 0 aromatic carbocycles. The largest absolute Gasteiger partial charge is 0.375 e. The van der Waals surface area contributed by atoms with Crippen LogP contribution in [0.2, 0.25) is 0 Å². The van der Waals surface area contributed by atoms with Crippen LogP contribution >= 0.6 is 11.3 Å². The van der Waals surface area contributed by atoms with Crippen molar-refractivity contribution in [2.75, 3.05) is 12.3 Å². The Morgan fingerprint density at radius 3 is 3.07 bits per heavy atom. The average Bonchev–Trinajstić information content (AvgIpc) is 2.58. The second kappa shape index (κ2) is 5.59. The Morgan fingerprint density at radius 2 is 2.50 bits per heavy atom. The fourth-order valence-corrected chi connectivity index (χ4v) is 1.63. The lowest BCUT2D eigenvalue weighted by Gasteiger charge is -2.01. The summed E-state index contributed by atoms with van der Waals surface area (Å²) in [6, 6.07) is 0. The molecule has 78 valence electrons. The number of hydrogen-bond donors (Lipinski definition) is 2. The zero-order chi connectivity index (χ0) is 10.4. The second-order valence-corrected chi connectivity index (χ2v) is 3.92. The Balaban J connectivity index is 2.23. The van der Waals surface area contributed by atoms with Crippen LogP contribution in [-0.2, 0) is 11.2 Å². The van der Waals surface area contributed by atoms with Gasteiger partial charge < -0.3 is 11.1 Å². The third-order valence-corrected chi connectivity index (χ3v) is 2.47. The van der Waals surface area contributed by atoms with E-state index in [9.17, 15) is 4.79 Å². The highest BCUT2D eigenvalue weighted by atomic mass is 32.1. The van der Waals surface area contributed by atoms with E-state index >= 15 is 0 Å². The van der Waals surface area contributed by atoms with Gasteiger partial charge in [0.1, 0.15) is 0 Å². The number of nitrogens with zero attached hydrogens (tertiary/aromatic N) is 1. The Bertz CT molecular complexity index is 298. The van der Waals surface area contributed by atoms with Gasteiger partial charge >= 0.3 is 0 Å². The van der Waals surface area contributed by atoms with E-state index in [1.165, 1.54) is 11.3 Å². The summed E-state index contributed by atoms with van der Waals surface area (Å²) in [4.78, 5) is 15.3. The van der Waals surface area contributed by atoms with Crippen molar-refractivity contribution in [2.24, 2.45) is 0 Å². The minimum absolute atomic E-state index is 0.0819. The SMILES string of the molecule is CCCNC(=O)CCc1csc(N)n1. The topological polar surface area (TPSA) is 68.0 Å². The molecule has 1 aromatic heterocycles. The molecule has 3 N–H and O–H groups in total. The molecule has 4 nitrogen and oxygen atoms in total. The molecule has 0 saturated carbocycles. The van der Waals surface area contributed by atoms with Crippen LogP contribution in [0.1, 0.15) is 25.5 Å². The number of anilines is 1. The van der Waals surface area contributed by atoms with Gasteiger partial charge in [-0.3, -0.25) is 4.79 Å². The first-order valence-corrected chi connectivity index (χ1v) is 5.57. The van der Waals surface area contributed by atoms with Crippen molar-refractivity contribution in [3.63, 3.8) is 0 Å². The summed E-state index contributed by atoms with van der Waals surface area (Å²) >= 11 is 1.41. The van der Waals surface area contributed by atoms with Gasteiger partial charge in [-0.2, -0.15) is 0 Å². The van der Waals surface area contributed by atoms with Gasteiger partial charge in [0.25, 0.3) is 0 Å². The highest BCUT2D eigenvalue weighted by molar-refractivity contribution is 7.13. The maximum absolute atomic E-state index is 11.2. The number of hydrogen-bond acceptors (Lipinski definition) is 4. The Hall–Kier alpha value is -1.10. The van der Waals surface area contributed by atoms with Crippen molar-refractivity contribution in [1.82, 2.24) is 10.3 Å². The second-order valence-electron chi connectivity index (χ2n) is 3.03. The number of carbonyl (C=O) groups excluding carboxylic acids is 1. The van der Waals surface area contributed by atoms with Gasteiger partial charge in [-0.15, -0.1) is 11.3 Å². The summed E-state index contributed by atoms with van der Waals surface area (Å²) in [5.74, 6) is 0.0819. The summed E-state index contributed by atoms with van der Waals surface area (Å²) in [5, 5.41) is 5.27. The first kappa shape index (κ1) is 11.0. The van der Waals surface area contributed by atoms with Crippen molar-refractivity contribution in [3.8, 4) is 0 Å². The number of thiazole rings is 1. The van der Waals surface area contributed by atoms with Gasteiger partial charge in [0, 0.05) is 18.3 Å². The van der Waals surface area contributed by atoms with Crippen LogP contribution in [0.4, 0.5) is 5.13 Å². The van der Waals surface area contributed by atoms with E-state index in [1.54, 1.807) is 0 Å². The summed E-state index contributed by atoms with van der Waals surface area (Å²) < 4.78 is 0. The smallest absolute Gasteiger partial charge is 0.220 e. The summed E-state index contributed by atoms with van der Waals surface area (Å²) in [7, 11) is 0. The van der Waals surface area contributed by atoms with E-state index in [0.29, 0.717) is 18.0 Å². The Labute approximate surface area is 87.5 Å². The van der Waals surface area contributed by atoms with Gasteiger partial charge in [-0.25, -0.2) is 4.98 Å². The molecule has 14 heavy (non-hydrogen) atoms. The van der Waals surface area contributed by atoms with E-state index in [4.69, 9.17) is 5.73 Å². The van der Waals surface area contributed by atoms with Gasteiger partial charge in [0.15, 0.2) is 5.13 Å². The number of amides is 1. The van der Waals surface area contributed by atoms with Gasteiger partial charge in [0.05, 0.1) is 5.69 Å². The quantitative estimate of drug-likeness (QED) is 0.772. The molecule has 5 heteroatoms. The highest BCUT2D eigenvalue weighted by Crippen LogP contribution is 2.12. The molecule has 0 radical (unpaired) electrons. The molecule has 0 atom stereocenters. The van der Waals surface area contributed by atoms with E-state index < -0.39 is 0 Å². The summed E-state index contributed by atoms with van der Waals surface area (Å²) in [5.41, 5.74) is 6.37. The average molecular weight is 213 g/mol. The molecule has 0 unspecified atom stereocenters. The van der Waals surface area contributed by atoms with Crippen LogP contribution in [0.15, 0.2) is 5.38 Å². The van der Waals surface area contributed by atoms with Crippen molar-refractivity contribution in [3.05, 3.63) is 11.1 Å². The Kier molecular flexibility index (Phi) is 4.39. The van der Waals surface area contributed by atoms with Crippen LogP contribution in [0, 0.1) is 0 Å². The number of nitrogens with two attached hydrogens (primary N) is 1. The third-order valence-electron chi connectivity index (χ3n) is 1.75. The van der Waals surface area contributed by atoms with Crippen LogP contribution < -0.4 is 11.1 Å². The summed E-state index contributed by atoms with van der Waals surface area (Å²) in [6.07, 6.45) is 2.13. The minimum atomic E-state index is 0.0819. The van der Waals surface area contributed by atoms with Crippen LogP contribution in [0.25, 0.3) is 0 Å². The van der Waals surface area contributed by atoms with Gasteiger partial charge in [-0.05, 0) is 12.8 Å². The number of nitrogens with one attached hydrogen (secondary N) is 1. The van der Waals surface area contributed by atoms with Gasteiger partial charge in [0.2, 0.25) is 5.91 Å². The zero-order valence-corrected chi connectivity index (χ0v) is 9.06. The number of nitrogen functional groups attached to an aromatic ring is 1. The molecule has 1 heterocycles. The van der Waals surface area contributed by atoms with Crippen LogP contribution in [0.5, 0.6) is 0 Å². The number of aromatic nitrogens is 1. The van der Waals surface area contributed by atoms with Crippen LogP contribution in [-0.4, -0.2) is 17.4 Å². The summed E-state index contributed by atoms with van der Waals surface area (Å²) in [6.45, 7) is 2.78. The highest BCUT2D eigenvalue weighted by Gasteiger charge is 2.03. The van der Waals surface area contributed by atoms with Crippen LogP contribution in [0.3, 0.4) is 0 Å². The molecule has 1 amide bonds. The fourth-order valence-electron chi connectivity index (χ4n) is 1.03. The van der Waals surface area contributed by atoms with Crippen molar-refractivity contribution < 1.29 is 4.79 Å². The fraction of sp³-hybridized carbons (Fsp3) is 0.556. The van der Waals surface area contributed by atoms with Crippen molar-refractivity contribution in [2.45, 2.75) is 26.2 Å². The molecule has 0 aliphatic carbocycles. The third kappa shape index (κ3) is 3.74. The molecule has 0 saturated heterocycles. The molecule has 0 bridgehead atoms. The van der Waals surface area contributed by atoms with Crippen molar-refractivity contribution in [1.29, 1.82) is 0 Å². The minimum Gasteiger partial charge on any atom is -0.375 e. The maximum atomic E-state index is 11.2.